The Bertz CT molecular complexity index is 852. The van der Waals surface area contributed by atoms with Crippen LogP contribution in [-0.4, -0.2) is 39.8 Å². The van der Waals surface area contributed by atoms with E-state index in [9.17, 15) is 0 Å². The monoisotopic (exact) mass is 353 g/mol. The lowest BCUT2D eigenvalue weighted by Gasteiger charge is -2.32. The fourth-order valence-electron chi connectivity index (χ4n) is 3.51. The summed E-state index contributed by atoms with van der Waals surface area (Å²) in [5.74, 6) is 1.84. The fourth-order valence-corrected chi connectivity index (χ4v) is 3.51. The zero-order chi connectivity index (χ0) is 17.8. The van der Waals surface area contributed by atoms with Gasteiger partial charge in [0.1, 0.15) is 12.1 Å². The molecule has 1 N–H and O–H groups in total. The molecule has 0 bridgehead atoms. The number of nitrogens with zero attached hydrogens (tertiary/aromatic N) is 4. The normalized spacial score (nSPS) is 20.3. The molecular formula is C19H23N5O2. The van der Waals surface area contributed by atoms with Gasteiger partial charge in [0.15, 0.2) is 0 Å². The highest BCUT2D eigenvalue weighted by Gasteiger charge is 2.27. The third-order valence-corrected chi connectivity index (χ3v) is 4.72. The van der Waals surface area contributed by atoms with Crippen LogP contribution in [0, 0.1) is 5.92 Å². The molecule has 7 nitrogen and oxygen atoms in total. The number of fused-ring (bicyclic) bond motifs is 1. The van der Waals surface area contributed by atoms with Gasteiger partial charge in [0, 0.05) is 32.2 Å². The second-order valence-electron chi connectivity index (χ2n) is 6.52. The molecule has 3 heterocycles. The third kappa shape index (κ3) is 3.54. The molecule has 2 unspecified atom stereocenters. The van der Waals surface area contributed by atoms with Crippen molar-refractivity contribution < 1.29 is 9.47 Å². The SMILES string of the molecule is COCc1cc(NCC2CCCOC2c2ccccc2)n2ncnc2n1. The number of benzene rings is 1. The van der Waals surface area contributed by atoms with Crippen LogP contribution >= 0.6 is 0 Å². The van der Waals surface area contributed by atoms with Crippen molar-refractivity contribution in [3.8, 4) is 0 Å². The summed E-state index contributed by atoms with van der Waals surface area (Å²) in [6, 6.07) is 12.4. The van der Waals surface area contributed by atoms with Gasteiger partial charge >= 0.3 is 0 Å². The Hall–Kier alpha value is -2.51. The molecule has 0 amide bonds. The molecule has 0 spiro atoms. The number of ether oxygens (including phenoxy) is 2. The number of nitrogens with one attached hydrogen (secondary N) is 1. The first-order valence-electron chi connectivity index (χ1n) is 8.94. The Balaban J connectivity index is 1.54. The lowest BCUT2D eigenvalue weighted by atomic mass is 9.89. The van der Waals surface area contributed by atoms with E-state index in [1.54, 1.807) is 11.6 Å². The van der Waals surface area contributed by atoms with E-state index in [-0.39, 0.29) is 6.10 Å². The van der Waals surface area contributed by atoms with Crippen LogP contribution in [0.4, 0.5) is 5.82 Å². The molecule has 1 aliphatic heterocycles. The van der Waals surface area contributed by atoms with Crippen LogP contribution in [0.3, 0.4) is 0 Å². The minimum Gasteiger partial charge on any atom is -0.378 e. The molecule has 7 heteroatoms. The number of hydrogen-bond donors (Lipinski definition) is 1. The van der Waals surface area contributed by atoms with Crippen LogP contribution < -0.4 is 5.32 Å². The van der Waals surface area contributed by atoms with E-state index >= 15 is 0 Å². The summed E-state index contributed by atoms with van der Waals surface area (Å²) in [5, 5.41) is 7.80. The molecule has 1 aromatic carbocycles. The predicted molar refractivity (Wildman–Crippen MR) is 97.8 cm³/mol. The summed E-state index contributed by atoms with van der Waals surface area (Å²) in [4.78, 5) is 8.64. The summed E-state index contributed by atoms with van der Waals surface area (Å²) in [6.07, 6.45) is 3.84. The van der Waals surface area contributed by atoms with E-state index in [1.165, 1.54) is 11.9 Å². The van der Waals surface area contributed by atoms with Crippen LogP contribution in [-0.2, 0) is 16.1 Å². The molecule has 26 heavy (non-hydrogen) atoms. The Morgan fingerprint density at radius 2 is 2.19 bits per heavy atom. The van der Waals surface area contributed by atoms with E-state index in [1.807, 2.05) is 12.1 Å². The van der Waals surface area contributed by atoms with Crippen molar-refractivity contribution in [2.24, 2.45) is 5.92 Å². The average molecular weight is 353 g/mol. The van der Waals surface area contributed by atoms with Crippen LogP contribution in [0.2, 0.25) is 0 Å². The number of anilines is 1. The maximum Gasteiger partial charge on any atom is 0.254 e. The van der Waals surface area contributed by atoms with Crippen molar-refractivity contribution >= 4 is 11.6 Å². The van der Waals surface area contributed by atoms with E-state index in [2.05, 4.69) is 44.6 Å². The van der Waals surface area contributed by atoms with Gasteiger partial charge < -0.3 is 14.8 Å². The highest BCUT2D eigenvalue weighted by Crippen LogP contribution is 2.33. The maximum atomic E-state index is 6.09. The second-order valence-corrected chi connectivity index (χ2v) is 6.52. The van der Waals surface area contributed by atoms with Gasteiger partial charge in [0.2, 0.25) is 0 Å². The van der Waals surface area contributed by atoms with Gasteiger partial charge in [-0.15, -0.1) is 0 Å². The second kappa shape index (κ2) is 7.80. The molecule has 1 aliphatic rings. The van der Waals surface area contributed by atoms with Gasteiger partial charge in [0.25, 0.3) is 5.78 Å². The van der Waals surface area contributed by atoms with Crippen molar-refractivity contribution in [2.75, 3.05) is 25.6 Å². The Morgan fingerprint density at radius 3 is 3.04 bits per heavy atom. The van der Waals surface area contributed by atoms with Crippen LogP contribution in [0.25, 0.3) is 5.78 Å². The largest absolute Gasteiger partial charge is 0.378 e. The first-order chi connectivity index (χ1) is 12.8. The van der Waals surface area contributed by atoms with Gasteiger partial charge in [-0.3, -0.25) is 0 Å². The summed E-state index contributed by atoms with van der Waals surface area (Å²) in [7, 11) is 1.66. The number of rotatable bonds is 6. The van der Waals surface area contributed by atoms with Gasteiger partial charge in [0.05, 0.1) is 18.4 Å². The van der Waals surface area contributed by atoms with E-state index in [4.69, 9.17) is 9.47 Å². The van der Waals surface area contributed by atoms with Gasteiger partial charge in [-0.2, -0.15) is 14.6 Å². The number of hydrogen-bond acceptors (Lipinski definition) is 6. The zero-order valence-electron chi connectivity index (χ0n) is 14.8. The molecule has 2 atom stereocenters. The predicted octanol–water partition coefficient (Wildman–Crippen LogP) is 2.85. The molecule has 0 saturated carbocycles. The smallest absolute Gasteiger partial charge is 0.254 e. The third-order valence-electron chi connectivity index (χ3n) is 4.72. The van der Waals surface area contributed by atoms with E-state index < -0.39 is 0 Å². The average Bonchev–Trinajstić information content (AvgIpc) is 3.16. The summed E-state index contributed by atoms with van der Waals surface area (Å²) >= 11 is 0. The highest BCUT2D eigenvalue weighted by molar-refractivity contribution is 5.45. The van der Waals surface area contributed by atoms with Crippen molar-refractivity contribution in [2.45, 2.75) is 25.6 Å². The maximum absolute atomic E-state index is 6.09. The zero-order valence-corrected chi connectivity index (χ0v) is 14.8. The van der Waals surface area contributed by atoms with Crippen molar-refractivity contribution in [3.05, 3.63) is 54.0 Å². The molecule has 0 radical (unpaired) electrons. The van der Waals surface area contributed by atoms with Crippen molar-refractivity contribution in [1.82, 2.24) is 19.6 Å². The van der Waals surface area contributed by atoms with Gasteiger partial charge in [-0.1, -0.05) is 30.3 Å². The Labute approximate surface area is 152 Å². The lowest BCUT2D eigenvalue weighted by Crippen LogP contribution is -2.28. The van der Waals surface area contributed by atoms with Crippen LogP contribution in [0.5, 0.6) is 0 Å². The molecule has 2 aromatic heterocycles. The topological polar surface area (TPSA) is 73.6 Å². The quantitative estimate of drug-likeness (QED) is 0.735. The summed E-state index contributed by atoms with van der Waals surface area (Å²) in [5.41, 5.74) is 2.06. The van der Waals surface area contributed by atoms with Crippen molar-refractivity contribution in [1.29, 1.82) is 0 Å². The summed E-state index contributed by atoms with van der Waals surface area (Å²) < 4.78 is 13.0. The molecular weight excluding hydrogens is 330 g/mol. The van der Waals surface area contributed by atoms with E-state index in [0.29, 0.717) is 18.3 Å². The Kier molecular flexibility index (Phi) is 5.08. The fraction of sp³-hybridized carbons (Fsp3) is 0.421. The Morgan fingerprint density at radius 1 is 1.31 bits per heavy atom. The first-order valence-corrected chi connectivity index (χ1v) is 8.94. The molecule has 0 aliphatic carbocycles. The number of aromatic nitrogens is 4. The summed E-state index contributed by atoms with van der Waals surface area (Å²) in [6.45, 7) is 2.05. The minimum absolute atomic E-state index is 0.115. The minimum atomic E-state index is 0.115. The van der Waals surface area contributed by atoms with E-state index in [0.717, 1.165) is 37.5 Å². The number of methoxy groups -OCH3 is 1. The molecule has 3 aromatic rings. The van der Waals surface area contributed by atoms with Crippen LogP contribution in [0.1, 0.15) is 30.2 Å². The molecule has 1 fully saturated rings. The molecule has 1 saturated heterocycles. The molecule has 4 rings (SSSR count). The van der Waals surface area contributed by atoms with Crippen LogP contribution in [0.15, 0.2) is 42.7 Å². The molecule has 136 valence electrons. The van der Waals surface area contributed by atoms with Crippen molar-refractivity contribution in [3.63, 3.8) is 0 Å². The first kappa shape index (κ1) is 16.9. The van der Waals surface area contributed by atoms with Gasteiger partial charge in [-0.25, -0.2) is 4.98 Å². The highest BCUT2D eigenvalue weighted by atomic mass is 16.5. The lowest BCUT2D eigenvalue weighted by molar-refractivity contribution is -0.0238. The standard InChI is InChI=1S/C19H23N5O2/c1-25-12-16-10-17(24-19(23-16)21-13-22-24)20-11-15-8-5-9-26-18(15)14-6-3-2-4-7-14/h2-4,6-7,10,13,15,18,20H,5,8-9,11-12H2,1H3. The van der Waals surface area contributed by atoms with Gasteiger partial charge in [-0.05, 0) is 18.4 Å².